The number of aryl methyl sites for hydroxylation is 3. The van der Waals surface area contributed by atoms with Gasteiger partial charge >= 0.3 is 0 Å². The average molecular weight is 540 g/mol. The molecule has 0 aliphatic carbocycles. The van der Waals surface area contributed by atoms with Crippen molar-refractivity contribution >= 4 is 23.7 Å². The zero-order chi connectivity index (χ0) is 29.9. The molecule has 0 atom stereocenters. The minimum absolute atomic E-state index is 0.560. The average Bonchev–Trinajstić information content (AvgIpc) is 2.99. The summed E-state index contributed by atoms with van der Waals surface area (Å²) in [6.07, 6.45) is 7.20. The van der Waals surface area contributed by atoms with Crippen LogP contribution in [0.1, 0.15) is 108 Å². The summed E-state index contributed by atoms with van der Waals surface area (Å²) >= 11 is 0. The number of allylic oxidation sites excluding steroid dienone is 1. The smallest absolute Gasteiger partial charge is 0.0628 e. The van der Waals surface area contributed by atoms with Gasteiger partial charge in [0, 0.05) is 24.0 Å². The van der Waals surface area contributed by atoms with Crippen LogP contribution < -0.4 is 5.32 Å². The second-order valence-electron chi connectivity index (χ2n) is 10.0. The molecule has 0 fully saturated rings. The first-order valence-electron chi connectivity index (χ1n) is 15.0. The third-order valence-electron chi connectivity index (χ3n) is 6.66. The van der Waals surface area contributed by atoms with Crippen LogP contribution in [0.4, 0.5) is 5.69 Å². The lowest BCUT2D eigenvalue weighted by Gasteiger charge is -2.14. The lowest BCUT2D eigenvalue weighted by atomic mass is 10.0. The monoisotopic (exact) mass is 539 g/mol. The molecule has 0 amide bonds. The van der Waals surface area contributed by atoms with Gasteiger partial charge in [-0.1, -0.05) is 109 Å². The number of nitrogens with one attached hydrogen (secondary N) is 1. The fraction of sp³-hybridized carbons (Fsp3) is 0.405. The maximum atomic E-state index is 4.28. The Labute approximate surface area is 245 Å². The van der Waals surface area contributed by atoms with Crippen molar-refractivity contribution in [3.63, 3.8) is 0 Å². The van der Waals surface area contributed by atoms with Gasteiger partial charge in [0.2, 0.25) is 0 Å². The quantitative estimate of drug-likeness (QED) is 0.202. The van der Waals surface area contributed by atoms with Gasteiger partial charge in [0.1, 0.15) is 0 Å². The molecule has 0 radical (unpaired) electrons. The molecule has 0 aromatic heterocycles. The van der Waals surface area contributed by atoms with E-state index in [1.54, 1.807) is 0 Å². The van der Waals surface area contributed by atoms with Crippen LogP contribution in [-0.2, 0) is 19.4 Å². The summed E-state index contributed by atoms with van der Waals surface area (Å²) in [5.41, 5.74) is 11.2. The Kier molecular flexibility index (Phi) is 16.9. The van der Waals surface area contributed by atoms with E-state index in [1.807, 2.05) is 27.0 Å². The van der Waals surface area contributed by atoms with Crippen molar-refractivity contribution in [2.45, 2.75) is 101 Å². The molecule has 3 aromatic carbocycles. The van der Waals surface area contributed by atoms with Crippen molar-refractivity contribution in [3.05, 3.63) is 106 Å². The van der Waals surface area contributed by atoms with Crippen LogP contribution in [0, 0.1) is 6.92 Å². The molecule has 3 aromatic rings. The van der Waals surface area contributed by atoms with E-state index in [0.717, 1.165) is 42.8 Å². The number of rotatable bonds is 10. The number of benzene rings is 3. The molecule has 0 bridgehead atoms. The van der Waals surface area contributed by atoms with Gasteiger partial charge in [-0.2, -0.15) is 10.2 Å². The first-order valence-corrected chi connectivity index (χ1v) is 15.0. The highest BCUT2D eigenvalue weighted by atomic mass is 15.2. The summed E-state index contributed by atoms with van der Waals surface area (Å²) in [7, 11) is 0. The van der Waals surface area contributed by atoms with Crippen molar-refractivity contribution in [1.82, 2.24) is 0 Å². The Morgan fingerprint density at radius 1 is 0.825 bits per heavy atom. The molecule has 40 heavy (non-hydrogen) atoms. The molecule has 216 valence electrons. The van der Waals surface area contributed by atoms with Crippen LogP contribution in [0.5, 0.6) is 0 Å². The standard InChI is InChI=1S/C25H33N3.C10H14.C2H6/c1-7-15-27-28-21(6)20(5)16-24-19(4)9-8-10-25(24)26-17-22-11-13-23(14-12-22)18(2)3;1-3-9-6-5-7-10(4-2)8-9;1-2/h8-16,18,26H,7,17H2,1-6H3;5-8H,3-4H2,1-2H3;1-2H3/b20-16+,27-15-,28-21+;;. The molecule has 3 heteroatoms. The fourth-order valence-electron chi connectivity index (χ4n) is 3.92. The molecule has 0 unspecified atom stereocenters. The minimum atomic E-state index is 0.560. The van der Waals surface area contributed by atoms with Gasteiger partial charge in [-0.05, 0) is 91.5 Å². The molecule has 0 aliphatic heterocycles. The molecule has 0 aliphatic rings. The van der Waals surface area contributed by atoms with Crippen molar-refractivity contribution < 1.29 is 0 Å². The van der Waals surface area contributed by atoms with Gasteiger partial charge in [0.25, 0.3) is 0 Å². The van der Waals surface area contributed by atoms with Crippen molar-refractivity contribution in [2.75, 3.05) is 5.32 Å². The summed E-state index contributed by atoms with van der Waals surface area (Å²) in [5, 5.41) is 12.0. The van der Waals surface area contributed by atoms with Crippen LogP contribution in [0.25, 0.3) is 6.08 Å². The highest BCUT2D eigenvalue weighted by Gasteiger charge is 2.06. The van der Waals surface area contributed by atoms with Gasteiger partial charge in [0.15, 0.2) is 0 Å². The summed E-state index contributed by atoms with van der Waals surface area (Å²) in [6, 6.07) is 24.0. The fourth-order valence-corrected chi connectivity index (χ4v) is 3.92. The SMILES string of the molecule is CC.CC\C=N/N=C(C)/C(C)=C/c1c(C)cccc1NCc1ccc(C(C)C)cc1.CCc1cccc(CC)c1. The Morgan fingerprint density at radius 3 is 1.98 bits per heavy atom. The molecule has 0 saturated carbocycles. The molecule has 0 heterocycles. The number of nitrogens with zero attached hydrogens (tertiary/aromatic N) is 2. The van der Waals surface area contributed by atoms with E-state index in [-0.39, 0.29) is 0 Å². The zero-order valence-electron chi connectivity index (χ0n) is 26.8. The van der Waals surface area contributed by atoms with E-state index in [2.05, 4.69) is 137 Å². The van der Waals surface area contributed by atoms with E-state index in [9.17, 15) is 0 Å². The number of hydrogen-bond acceptors (Lipinski definition) is 3. The first-order chi connectivity index (χ1) is 19.3. The molecular weight excluding hydrogens is 486 g/mol. The third-order valence-corrected chi connectivity index (χ3v) is 6.66. The third kappa shape index (κ3) is 12.2. The Hall–Kier alpha value is -3.46. The topological polar surface area (TPSA) is 36.8 Å². The van der Waals surface area contributed by atoms with Crippen LogP contribution in [-0.4, -0.2) is 11.9 Å². The Balaban J connectivity index is 0.000000555. The highest BCUT2D eigenvalue weighted by Crippen LogP contribution is 2.24. The number of hydrogen-bond donors (Lipinski definition) is 1. The molecule has 0 spiro atoms. The van der Waals surface area contributed by atoms with Crippen molar-refractivity contribution in [2.24, 2.45) is 10.2 Å². The normalized spacial score (nSPS) is 11.6. The lowest BCUT2D eigenvalue weighted by molar-refractivity contribution is 0.865. The van der Waals surface area contributed by atoms with Gasteiger partial charge in [-0.3, -0.25) is 0 Å². The largest absolute Gasteiger partial charge is 0.380 e. The molecule has 1 N–H and O–H groups in total. The first kappa shape index (κ1) is 34.6. The van der Waals surface area contributed by atoms with E-state index >= 15 is 0 Å². The molecular formula is C37H53N3. The van der Waals surface area contributed by atoms with E-state index in [0.29, 0.717) is 5.92 Å². The summed E-state index contributed by atoms with van der Waals surface area (Å²) in [6.45, 7) is 21.9. The second-order valence-corrected chi connectivity index (χ2v) is 10.0. The summed E-state index contributed by atoms with van der Waals surface area (Å²) in [5.74, 6) is 0.560. The van der Waals surface area contributed by atoms with Crippen molar-refractivity contribution in [1.29, 1.82) is 0 Å². The van der Waals surface area contributed by atoms with E-state index in [1.165, 1.54) is 33.4 Å². The lowest BCUT2D eigenvalue weighted by Crippen LogP contribution is -2.03. The second kappa shape index (κ2) is 19.6. The van der Waals surface area contributed by atoms with Gasteiger partial charge in [-0.15, -0.1) is 0 Å². The van der Waals surface area contributed by atoms with Gasteiger partial charge < -0.3 is 5.32 Å². The molecule has 3 nitrogen and oxygen atoms in total. The van der Waals surface area contributed by atoms with Crippen LogP contribution in [0.3, 0.4) is 0 Å². The van der Waals surface area contributed by atoms with E-state index < -0.39 is 0 Å². The molecule has 3 rings (SSSR count). The summed E-state index contributed by atoms with van der Waals surface area (Å²) < 4.78 is 0. The van der Waals surface area contributed by atoms with E-state index in [4.69, 9.17) is 0 Å². The maximum absolute atomic E-state index is 4.28. The van der Waals surface area contributed by atoms with Gasteiger partial charge in [0.05, 0.1) is 5.71 Å². The van der Waals surface area contributed by atoms with Crippen LogP contribution in [0.2, 0.25) is 0 Å². The summed E-state index contributed by atoms with van der Waals surface area (Å²) in [4.78, 5) is 0. The Bertz CT molecular complexity index is 1200. The predicted octanol–water partition coefficient (Wildman–Crippen LogP) is 10.8. The van der Waals surface area contributed by atoms with Crippen molar-refractivity contribution in [3.8, 4) is 0 Å². The minimum Gasteiger partial charge on any atom is -0.380 e. The maximum Gasteiger partial charge on any atom is 0.0628 e. The highest BCUT2D eigenvalue weighted by molar-refractivity contribution is 6.02. The predicted molar refractivity (Wildman–Crippen MR) is 181 cm³/mol. The van der Waals surface area contributed by atoms with Crippen LogP contribution in [0.15, 0.2) is 82.5 Å². The van der Waals surface area contributed by atoms with Gasteiger partial charge in [-0.25, -0.2) is 0 Å². The zero-order valence-corrected chi connectivity index (χ0v) is 26.8. The van der Waals surface area contributed by atoms with Crippen LogP contribution >= 0.6 is 0 Å². The molecule has 0 saturated heterocycles. The number of anilines is 1. The Morgan fingerprint density at radius 2 is 1.43 bits per heavy atom.